The molecule has 1 N–H and O–H groups in total. The lowest BCUT2D eigenvalue weighted by atomic mass is 10.0. The average Bonchev–Trinajstić information content (AvgIpc) is 4.04. The van der Waals surface area contributed by atoms with Crippen molar-refractivity contribution in [2.24, 2.45) is 0 Å². The maximum Gasteiger partial charge on any atom is 0.120 e. The highest BCUT2D eigenvalue weighted by Gasteiger charge is 2.19. The van der Waals surface area contributed by atoms with E-state index >= 15 is 0 Å². The summed E-state index contributed by atoms with van der Waals surface area (Å²) in [6.07, 6.45) is 8.67. The van der Waals surface area contributed by atoms with Gasteiger partial charge in [-0.1, -0.05) is 60.4 Å². The molecule has 276 valence electrons. The standard InChI is InChI=1S/C49H31I3N2OS2/c1-49(2,55)28-27-29-3-5-30(6-4-29)45-37-19-20-38(53-37)46(31-7-13-34(50)14-8-31)43-25-26-44(57-43)48(33-11-17-36(52)18-12-33)40-22-21-39(54-40)47(42-24-23-41(45)56-42)32-9-15-35(51)16-10-32/h3-26,55H,1-2H3. The van der Waals surface area contributed by atoms with Crippen molar-refractivity contribution < 1.29 is 5.11 Å². The largest absolute Gasteiger partial charge is 0.378 e. The fourth-order valence-electron chi connectivity index (χ4n) is 6.95. The van der Waals surface area contributed by atoms with Crippen LogP contribution in [0.4, 0.5) is 0 Å². The van der Waals surface area contributed by atoms with Gasteiger partial charge >= 0.3 is 0 Å². The first-order valence-corrected chi connectivity index (χ1v) is 23.0. The first-order chi connectivity index (χ1) is 27.6. The second-order valence-corrected chi connectivity index (χ2v) is 20.1. The summed E-state index contributed by atoms with van der Waals surface area (Å²) in [4.78, 5) is 10.9. The molecule has 0 amide bonds. The maximum absolute atomic E-state index is 10.2. The minimum Gasteiger partial charge on any atom is -0.378 e. The van der Waals surface area contributed by atoms with E-state index in [1.165, 1.54) is 10.7 Å². The molecule has 0 aliphatic carbocycles. The second kappa shape index (κ2) is 16.0. The quantitative estimate of drug-likeness (QED) is 0.141. The zero-order valence-corrected chi connectivity index (χ0v) is 38.8. The number of nitrogens with zero attached hydrogens (tertiary/aromatic N) is 2. The van der Waals surface area contributed by atoms with Gasteiger partial charge < -0.3 is 5.11 Å². The minimum absolute atomic E-state index is 0.842. The van der Waals surface area contributed by atoms with Gasteiger partial charge in [0.1, 0.15) is 5.60 Å². The van der Waals surface area contributed by atoms with Crippen molar-refractivity contribution in [3.8, 4) is 56.3 Å². The Morgan fingerprint density at radius 2 is 0.719 bits per heavy atom. The summed E-state index contributed by atoms with van der Waals surface area (Å²) < 4.78 is 8.07. The van der Waals surface area contributed by atoms with Crippen molar-refractivity contribution in [3.63, 3.8) is 0 Å². The van der Waals surface area contributed by atoms with Crippen LogP contribution < -0.4 is 0 Å². The molecule has 0 saturated heterocycles. The van der Waals surface area contributed by atoms with Gasteiger partial charge in [-0.15, -0.1) is 22.7 Å². The summed E-state index contributed by atoms with van der Waals surface area (Å²) >= 11 is 10.6. The molecule has 3 nitrogen and oxygen atoms in total. The summed E-state index contributed by atoms with van der Waals surface area (Å²) in [5.41, 5.74) is 12.2. The molecule has 0 saturated carbocycles. The molecule has 9 rings (SSSR count). The topological polar surface area (TPSA) is 46.0 Å². The molecular formula is C49H31I3N2OS2. The molecule has 0 fully saturated rings. The van der Waals surface area contributed by atoms with Crippen LogP contribution in [0.25, 0.3) is 87.6 Å². The molecule has 7 aromatic rings. The summed E-state index contributed by atoms with van der Waals surface area (Å²) in [6, 6.07) is 43.4. The monoisotopic (exact) mass is 1110 g/mol. The van der Waals surface area contributed by atoms with Crippen LogP contribution in [0.1, 0.15) is 42.2 Å². The van der Waals surface area contributed by atoms with Gasteiger partial charge in [-0.2, -0.15) is 0 Å². The Kier molecular flexibility index (Phi) is 10.8. The fourth-order valence-corrected chi connectivity index (χ4v) is 10.3. The van der Waals surface area contributed by atoms with E-state index in [2.05, 4.69) is 213 Å². The van der Waals surface area contributed by atoms with Crippen LogP contribution in [0.2, 0.25) is 0 Å². The van der Waals surface area contributed by atoms with E-state index < -0.39 is 5.60 Å². The van der Waals surface area contributed by atoms with Gasteiger partial charge in [0.15, 0.2) is 0 Å². The van der Waals surface area contributed by atoms with E-state index in [1.54, 1.807) is 36.5 Å². The lowest BCUT2D eigenvalue weighted by Crippen LogP contribution is -2.14. The summed E-state index contributed by atoms with van der Waals surface area (Å²) in [7, 11) is 0. The minimum atomic E-state index is -1.07. The molecule has 8 bridgehead atoms. The van der Waals surface area contributed by atoms with E-state index in [1.807, 2.05) is 12.1 Å². The van der Waals surface area contributed by atoms with Crippen LogP contribution in [0, 0.1) is 22.6 Å². The summed E-state index contributed by atoms with van der Waals surface area (Å²) in [6.45, 7) is 3.39. The van der Waals surface area contributed by atoms with E-state index in [4.69, 9.17) is 9.97 Å². The van der Waals surface area contributed by atoms with Crippen molar-refractivity contribution in [1.82, 2.24) is 9.97 Å². The number of hydrogen-bond acceptors (Lipinski definition) is 5. The molecule has 5 heterocycles. The number of thiophene rings is 2. The van der Waals surface area contributed by atoms with Crippen molar-refractivity contribution in [1.29, 1.82) is 0 Å². The Morgan fingerprint density at radius 1 is 0.439 bits per heavy atom. The Hall–Kier alpha value is -3.97. The number of hydrogen-bond donors (Lipinski definition) is 1. The summed E-state index contributed by atoms with van der Waals surface area (Å²) in [5.74, 6) is 6.07. The van der Waals surface area contributed by atoms with E-state index in [9.17, 15) is 5.11 Å². The van der Waals surface area contributed by atoms with E-state index in [0.717, 1.165) is 91.6 Å². The Bertz CT molecular complexity index is 2950. The molecule has 8 heteroatoms. The normalized spacial score (nSPS) is 12.1. The van der Waals surface area contributed by atoms with Crippen LogP contribution in [0.5, 0.6) is 0 Å². The van der Waals surface area contributed by atoms with Crippen LogP contribution in [0.3, 0.4) is 0 Å². The zero-order valence-electron chi connectivity index (χ0n) is 30.6. The number of rotatable bonds is 4. The Morgan fingerprint density at radius 3 is 1.00 bits per heavy atom. The average molecular weight is 1110 g/mol. The first kappa shape index (κ1) is 38.5. The van der Waals surface area contributed by atoms with Gasteiger partial charge in [0, 0.05) is 57.3 Å². The molecule has 0 unspecified atom stereocenters. The smallest absolute Gasteiger partial charge is 0.120 e. The van der Waals surface area contributed by atoms with Crippen LogP contribution >= 0.6 is 90.4 Å². The lowest BCUT2D eigenvalue weighted by Gasteiger charge is -2.07. The van der Waals surface area contributed by atoms with Crippen molar-refractivity contribution in [2.45, 2.75) is 19.4 Å². The maximum atomic E-state index is 10.2. The molecule has 0 atom stereocenters. The summed E-state index contributed by atoms with van der Waals surface area (Å²) in [5, 5.41) is 10.2. The molecule has 57 heavy (non-hydrogen) atoms. The number of aliphatic hydroxyl groups is 1. The molecule has 4 aromatic carbocycles. The van der Waals surface area contributed by atoms with Gasteiger partial charge in [-0.3, -0.25) is 0 Å². The third-order valence-electron chi connectivity index (χ3n) is 9.59. The van der Waals surface area contributed by atoms with Gasteiger partial charge in [-0.05, 0) is 201 Å². The van der Waals surface area contributed by atoms with Crippen molar-refractivity contribution in [2.75, 3.05) is 0 Å². The number of halogens is 3. The highest BCUT2D eigenvalue weighted by atomic mass is 127. The molecule has 3 aromatic heterocycles. The number of benzene rings is 4. The molecular weight excluding hydrogens is 1080 g/mol. The van der Waals surface area contributed by atoms with Gasteiger partial charge in [0.2, 0.25) is 0 Å². The van der Waals surface area contributed by atoms with Crippen LogP contribution in [0.15, 0.2) is 121 Å². The number of fused-ring (bicyclic) bond motifs is 8. The highest BCUT2D eigenvalue weighted by molar-refractivity contribution is 14.1. The first-order valence-electron chi connectivity index (χ1n) is 18.2. The van der Waals surface area contributed by atoms with Crippen LogP contribution in [-0.2, 0) is 0 Å². The highest BCUT2D eigenvalue weighted by Crippen LogP contribution is 2.43. The second-order valence-electron chi connectivity index (χ2n) is 14.2. The Balaban J connectivity index is 1.42. The van der Waals surface area contributed by atoms with Crippen molar-refractivity contribution in [3.05, 3.63) is 160 Å². The van der Waals surface area contributed by atoms with Gasteiger partial charge in [0.25, 0.3) is 0 Å². The lowest BCUT2D eigenvalue weighted by molar-refractivity contribution is 0.143. The predicted molar refractivity (Wildman–Crippen MR) is 269 cm³/mol. The SMILES string of the molecule is CC(C)(O)C#Cc1ccc(-c2c3nc(c(-c4ccc(I)cc4)c4ccc(s4)c(-c4ccc(I)cc4)c4nc(c(-c5ccc(I)cc5)c5ccc2s5)C=C4)C=C3)cc1. The van der Waals surface area contributed by atoms with Crippen LogP contribution in [-0.4, -0.2) is 20.7 Å². The molecule has 2 aliphatic heterocycles. The number of aromatic nitrogens is 2. The predicted octanol–water partition coefficient (Wildman–Crippen LogP) is 14.7. The zero-order chi connectivity index (χ0) is 39.3. The van der Waals surface area contributed by atoms with Crippen molar-refractivity contribution >= 4 is 134 Å². The molecule has 0 spiro atoms. The molecule has 0 radical (unpaired) electrons. The fraction of sp³-hybridized carbons (Fsp3) is 0.0612. The molecule has 2 aliphatic rings. The van der Waals surface area contributed by atoms with E-state index in [-0.39, 0.29) is 0 Å². The Labute approximate surface area is 380 Å². The van der Waals surface area contributed by atoms with E-state index in [0.29, 0.717) is 0 Å². The van der Waals surface area contributed by atoms with Gasteiger partial charge in [0.05, 0.1) is 22.8 Å². The third kappa shape index (κ3) is 8.20. The van der Waals surface area contributed by atoms with Gasteiger partial charge in [-0.25, -0.2) is 9.97 Å². The third-order valence-corrected chi connectivity index (χ3v) is 14.0.